The van der Waals surface area contributed by atoms with Crippen LogP contribution in [0, 0.1) is 0 Å². The van der Waals surface area contributed by atoms with Crippen molar-refractivity contribution < 1.29 is 14.3 Å². The summed E-state index contributed by atoms with van der Waals surface area (Å²) in [6.07, 6.45) is 0.190. The molecule has 5 nitrogen and oxygen atoms in total. The van der Waals surface area contributed by atoms with Gasteiger partial charge >= 0.3 is 12.0 Å². The van der Waals surface area contributed by atoms with Crippen molar-refractivity contribution in [1.29, 1.82) is 0 Å². The molecule has 0 radical (unpaired) electrons. The van der Waals surface area contributed by atoms with E-state index in [0.717, 1.165) is 5.56 Å². The predicted octanol–water partition coefficient (Wildman–Crippen LogP) is 2.70. The van der Waals surface area contributed by atoms with Crippen LogP contribution in [0.4, 0.5) is 4.79 Å². The van der Waals surface area contributed by atoms with Gasteiger partial charge in [-0.1, -0.05) is 30.3 Å². The first-order valence-corrected chi connectivity index (χ1v) is 7.59. The summed E-state index contributed by atoms with van der Waals surface area (Å²) in [5.74, 6) is -0.286. The molecule has 1 N–H and O–H groups in total. The molecule has 1 fully saturated rings. The summed E-state index contributed by atoms with van der Waals surface area (Å²) in [5.41, 5.74) is 0.564. The minimum Gasteiger partial charge on any atom is -0.460 e. The predicted molar refractivity (Wildman–Crippen MR) is 84.2 cm³/mol. The number of nitrogens with one attached hydrogen (secondary N) is 1. The van der Waals surface area contributed by atoms with Crippen molar-refractivity contribution in [2.75, 3.05) is 0 Å². The van der Waals surface area contributed by atoms with Gasteiger partial charge in [-0.05, 0) is 33.3 Å². The number of hydrogen-bond donors (Lipinski definition) is 1. The Morgan fingerprint density at radius 3 is 2.50 bits per heavy atom. The third-order valence-corrected chi connectivity index (χ3v) is 3.65. The van der Waals surface area contributed by atoms with Crippen LogP contribution in [0.1, 0.15) is 39.7 Å². The lowest BCUT2D eigenvalue weighted by molar-refractivity contribution is -0.155. The van der Waals surface area contributed by atoms with Gasteiger partial charge in [0.15, 0.2) is 0 Å². The van der Waals surface area contributed by atoms with Crippen LogP contribution in [0.3, 0.4) is 0 Å². The van der Waals surface area contributed by atoms with Gasteiger partial charge in [0, 0.05) is 6.54 Å². The van der Waals surface area contributed by atoms with E-state index in [1.54, 1.807) is 4.90 Å². The first-order valence-electron chi connectivity index (χ1n) is 7.59. The van der Waals surface area contributed by atoms with Gasteiger partial charge in [0.25, 0.3) is 0 Å². The minimum absolute atomic E-state index is 0.0553. The number of benzene rings is 1. The summed E-state index contributed by atoms with van der Waals surface area (Å²) in [6, 6.07) is 9.42. The summed E-state index contributed by atoms with van der Waals surface area (Å²) >= 11 is 0. The molecule has 1 heterocycles. The number of ether oxygens (including phenoxy) is 1. The number of carbonyl (C=O) groups is 2. The van der Waals surface area contributed by atoms with Crippen LogP contribution in [0.5, 0.6) is 0 Å². The fourth-order valence-corrected chi connectivity index (χ4v) is 2.54. The Hall–Kier alpha value is -2.04. The second-order valence-electron chi connectivity index (χ2n) is 6.70. The molecule has 120 valence electrons. The molecule has 0 bridgehead atoms. The van der Waals surface area contributed by atoms with Crippen LogP contribution in [0.15, 0.2) is 30.3 Å². The molecular formula is C17H24N2O3. The monoisotopic (exact) mass is 304 g/mol. The van der Waals surface area contributed by atoms with Crippen molar-refractivity contribution in [1.82, 2.24) is 10.2 Å². The van der Waals surface area contributed by atoms with Crippen LogP contribution in [0.2, 0.25) is 0 Å². The van der Waals surface area contributed by atoms with E-state index in [4.69, 9.17) is 4.74 Å². The molecule has 0 saturated carbocycles. The minimum atomic E-state index is -0.507. The zero-order valence-corrected chi connectivity index (χ0v) is 13.6. The van der Waals surface area contributed by atoms with Crippen molar-refractivity contribution in [3.05, 3.63) is 35.9 Å². The van der Waals surface area contributed by atoms with Gasteiger partial charge in [-0.15, -0.1) is 0 Å². The van der Waals surface area contributed by atoms with Crippen LogP contribution in [0.25, 0.3) is 0 Å². The molecule has 2 rings (SSSR count). The van der Waals surface area contributed by atoms with Gasteiger partial charge < -0.3 is 15.0 Å². The average Bonchev–Trinajstić information content (AvgIpc) is 2.65. The zero-order chi connectivity index (χ0) is 16.3. The first kappa shape index (κ1) is 16.3. The van der Waals surface area contributed by atoms with Crippen LogP contribution < -0.4 is 5.32 Å². The van der Waals surface area contributed by atoms with Crippen molar-refractivity contribution in [3.63, 3.8) is 0 Å². The lowest BCUT2D eigenvalue weighted by Gasteiger charge is -2.24. The SMILES string of the molecule is C[C@H]1[C@@H](CC(=O)OC(C)(C)C)NC(=O)N1Cc1ccccc1. The third-order valence-electron chi connectivity index (χ3n) is 3.65. The van der Waals surface area contributed by atoms with Crippen LogP contribution in [-0.2, 0) is 16.1 Å². The normalized spacial score (nSPS) is 21.6. The number of carbonyl (C=O) groups excluding carboxylic acids is 2. The largest absolute Gasteiger partial charge is 0.460 e. The summed E-state index contributed by atoms with van der Waals surface area (Å²) in [4.78, 5) is 25.8. The van der Waals surface area contributed by atoms with Gasteiger partial charge in [-0.2, -0.15) is 0 Å². The Balaban J connectivity index is 1.96. The maximum absolute atomic E-state index is 12.1. The fraction of sp³-hybridized carbons (Fsp3) is 0.529. The highest BCUT2D eigenvalue weighted by Gasteiger charge is 2.37. The van der Waals surface area contributed by atoms with E-state index in [0.29, 0.717) is 6.54 Å². The number of hydrogen-bond acceptors (Lipinski definition) is 3. The highest BCUT2D eigenvalue weighted by atomic mass is 16.6. The Labute approximate surface area is 131 Å². The zero-order valence-electron chi connectivity index (χ0n) is 13.6. The molecule has 0 spiro atoms. The van der Waals surface area contributed by atoms with E-state index in [9.17, 15) is 9.59 Å². The number of esters is 1. The van der Waals surface area contributed by atoms with E-state index < -0.39 is 5.60 Å². The maximum atomic E-state index is 12.1. The quantitative estimate of drug-likeness (QED) is 0.870. The Kier molecular flexibility index (Phi) is 4.74. The smallest absolute Gasteiger partial charge is 0.318 e. The molecule has 5 heteroatoms. The Morgan fingerprint density at radius 1 is 1.27 bits per heavy atom. The van der Waals surface area contributed by atoms with Gasteiger partial charge in [-0.25, -0.2) is 4.79 Å². The molecule has 0 aromatic heterocycles. The molecule has 1 saturated heterocycles. The van der Waals surface area contributed by atoms with E-state index in [1.807, 2.05) is 58.0 Å². The molecule has 1 aliphatic rings. The number of nitrogens with zero attached hydrogens (tertiary/aromatic N) is 1. The highest BCUT2D eigenvalue weighted by molar-refractivity contribution is 5.79. The molecule has 2 amide bonds. The van der Waals surface area contributed by atoms with Crippen LogP contribution in [-0.4, -0.2) is 34.6 Å². The Morgan fingerprint density at radius 2 is 1.91 bits per heavy atom. The maximum Gasteiger partial charge on any atom is 0.318 e. The number of amides is 2. The van der Waals surface area contributed by atoms with Gasteiger partial charge in [-0.3, -0.25) is 4.79 Å². The van der Waals surface area contributed by atoms with Crippen molar-refractivity contribution in [3.8, 4) is 0 Å². The number of urea groups is 1. The average molecular weight is 304 g/mol. The molecule has 2 atom stereocenters. The van der Waals surface area contributed by atoms with Crippen molar-refractivity contribution in [2.45, 2.75) is 58.3 Å². The Bertz CT molecular complexity index is 537. The van der Waals surface area contributed by atoms with E-state index in [-0.39, 0.29) is 30.5 Å². The highest BCUT2D eigenvalue weighted by Crippen LogP contribution is 2.20. The fourth-order valence-electron chi connectivity index (χ4n) is 2.54. The lowest BCUT2D eigenvalue weighted by atomic mass is 10.1. The van der Waals surface area contributed by atoms with E-state index >= 15 is 0 Å². The van der Waals surface area contributed by atoms with Crippen LogP contribution >= 0.6 is 0 Å². The van der Waals surface area contributed by atoms with E-state index in [2.05, 4.69) is 5.32 Å². The molecule has 0 unspecified atom stereocenters. The lowest BCUT2D eigenvalue weighted by Crippen LogP contribution is -2.36. The standard InChI is InChI=1S/C17H24N2O3/c1-12-14(10-15(20)22-17(2,3)4)18-16(21)19(12)11-13-8-6-5-7-9-13/h5-9,12,14H,10-11H2,1-4H3,(H,18,21)/t12-,14+/m0/s1. The number of rotatable bonds is 4. The molecule has 1 aromatic carbocycles. The molecule has 0 aliphatic carbocycles. The first-order chi connectivity index (χ1) is 10.3. The summed E-state index contributed by atoms with van der Waals surface area (Å²) < 4.78 is 5.33. The summed E-state index contributed by atoms with van der Waals surface area (Å²) in [6.45, 7) is 8.00. The molecule has 1 aromatic rings. The topological polar surface area (TPSA) is 58.6 Å². The second kappa shape index (κ2) is 6.38. The molecular weight excluding hydrogens is 280 g/mol. The second-order valence-corrected chi connectivity index (χ2v) is 6.70. The van der Waals surface area contributed by atoms with Gasteiger partial charge in [0.1, 0.15) is 5.60 Å². The molecule has 1 aliphatic heterocycles. The third kappa shape index (κ3) is 4.23. The van der Waals surface area contributed by atoms with Gasteiger partial charge in [0.2, 0.25) is 0 Å². The molecule has 22 heavy (non-hydrogen) atoms. The van der Waals surface area contributed by atoms with Crippen molar-refractivity contribution in [2.24, 2.45) is 0 Å². The van der Waals surface area contributed by atoms with E-state index in [1.165, 1.54) is 0 Å². The van der Waals surface area contributed by atoms with Gasteiger partial charge in [0.05, 0.1) is 18.5 Å². The summed E-state index contributed by atoms with van der Waals surface area (Å²) in [7, 11) is 0. The van der Waals surface area contributed by atoms with Crippen molar-refractivity contribution >= 4 is 12.0 Å². The summed E-state index contributed by atoms with van der Waals surface area (Å²) in [5, 5.41) is 2.88.